The van der Waals surface area contributed by atoms with Crippen molar-refractivity contribution in [1.29, 1.82) is 0 Å². The van der Waals surface area contributed by atoms with Gasteiger partial charge in [-0.15, -0.1) is 0 Å². The van der Waals surface area contributed by atoms with Crippen LogP contribution in [0.15, 0.2) is 16.5 Å². The number of carboxylic acid groups (broad SMARTS) is 2. The molecule has 3 N–H and O–H groups in total. The van der Waals surface area contributed by atoms with Crippen LogP contribution in [0.5, 0.6) is 0 Å². The highest BCUT2D eigenvalue weighted by Gasteiger charge is 2.22. The Hall–Kier alpha value is -2.31. The Balaban J connectivity index is 2.65. The van der Waals surface area contributed by atoms with Crippen LogP contribution in [-0.4, -0.2) is 34.1 Å². The first-order chi connectivity index (χ1) is 8.93. The summed E-state index contributed by atoms with van der Waals surface area (Å²) in [6, 6.07) is 1.82. The van der Waals surface area contributed by atoms with Crippen molar-refractivity contribution >= 4 is 17.8 Å². The summed E-state index contributed by atoms with van der Waals surface area (Å²) in [6.07, 6.45) is 0.0992. The fourth-order valence-electron chi connectivity index (χ4n) is 1.44. The zero-order valence-electron chi connectivity index (χ0n) is 10.4. The third-order valence-corrected chi connectivity index (χ3v) is 2.48. The Kier molecular flexibility index (Phi) is 5.11. The molecule has 0 bridgehead atoms. The molecule has 1 heterocycles. The molecule has 1 aromatic heterocycles. The highest BCUT2D eigenvalue weighted by molar-refractivity contribution is 5.94. The second-order valence-corrected chi connectivity index (χ2v) is 3.92. The van der Waals surface area contributed by atoms with Crippen molar-refractivity contribution in [1.82, 2.24) is 5.32 Å². The lowest BCUT2D eigenvalue weighted by atomic mass is 10.1. The Labute approximate surface area is 109 Å². The second kappa shape index (κ2) is 6.58. The molecule has 0 spiro atoms. The van der Waals surface area contributed by atoms with E-state index >= 15 is 0 Å². The maximum absolute atomic E-state index is 11.7. The van der Waals surface area contributed by atoms with E-state index in [4.69, 9.17) is 14.6 Å². The lowest BCUT2D eigenvalue weighted by Gasteiger charge is -2.12. The highest BCUT2D eigenvalue weighted by atomic mass is 16.4. The molecule has 0 saturated heterocycles. The van der Waals surface area contributed by atoms with Crippen LogP contribution in [0, 0.1) is 0 Å². The first-order valence-electron chi connectivity index (χ1n) is 5.78. The molecule has 19 heavy (non-hydrogen) atoms. The van der Waals surface area contributed by atoms with Crippen molar-refractivity contribution in [2.45, 2.75) is 32.2 Å². The standard InChI is InChI=1S/C12H15NO6/c1-2-7-3-5-9(19-7)11(16)13-8(12(17)18)4-6-10(14)15/h3,5,8H,2,4,6H2,1H3,(H,13,16)(H,14,15)(H,17,18)/t8-/m0/s1. The number of furan rings is 1. The van der Waals surface area contributed by atoms with E-state index < -0.39 is 23.9 Å². The van der Waals surface area contributed by atoms with Crippen molar-refractivity contribution in [3.05, 3.63) is 23.7 Å². The summed E-state index contributed by atoms with van der Waals surface area (Å²) < 4.78 is 5.18. The lowest BCUT2D eigenvalue weighted by molar-refractivity contribution is -0.140. The average molecular weight is 269 g/mol. The molecule has 1 atom stereocenters. The molecule has 0 aliphatic heterocycles. The highest BCUT2D eigenvalue weighted by Crippen LogP contribution is 2.09. The monoisotopic (exact) mass is 269 g/mol. The number of rotatable bonds is 7. The number of carbonyl (C=O) groups excluding carboxylic acids is 1. The Bertz CT molecular complexity index is 478. The van der Waals surface area contributed by atoms with Gasteiger partial charge in [0.25, 0.3) is 5.91 Å². The third kappa shape index (κ3) is 4.46. The van der Waals surface area contributed by atoms with Crippen LogP contribution in [0.2, 0.25) is 0 Å². The molecule has 1 amide bonds. The molecule has 0 radical (unpaired) electrons. The molecule has 0 saturated carbocycles. The van der Waals surface area contributed by atoms with E-state index in [2.05, 4.69) is 5.32 Å². The molecular weight excluding hydrogens is 254 g/mol. The zero-order valence-corrected chi connectivity index (χ0v) is 10.4. The van der Waals surface area contributed by atoms with Gasteiger partial charge in [-0.1, -0.05) is 6.92 Å². The van der Waals surface area contributed by atoms with E-state index in [1.807, 2.05) is 6.92 Å². The van der Waals surface area contributed by atoms with E-state index in [1.54, 1.807) is 6.07 Å². The first-order valence-corrected chi connectivity index (χ1v) is 5.78. The summed E-state index contributed by atoms with van der Waals surface area (Å²) in [6.45, 7) is 1.85. The van der Waals surface area contributed by atoms with Crippen LogP contribution in [0.4, 0.5) is 0 Å². The van der Waals surface area contributed by atoms with Crippen molar-refractivity contribution in [2.24, 2.45) is 0 Å². The molecule has 0 aliphatic carbocycles. The van der Waals surface area contributed by atoms with Gasteiger partial charge < -0.3 is 19.9 Å². The van der Waals surface area contributed by atoms with Crippen molar-refractivity contribution in [2.75, 3.05) is 0 Å². The normalized spacial score (nSPS) is 11.8. The fraction of sp³-hybridized carbons (Fsp3) is 0.417. The number of hydrogen-bond donors (Lipinski definition) is 3. The fourth-order valence-corrected chi connectivity index (χ4v) is 1.44. The van der Waals surface area contributed by atoms with Crippen molar-refractivity contribution in [3.8, 4) is 0 Å². The minimum absolute atomic E-state index is 0.0124. The summed E-state index contributed by atoms with van der Waals surface area (Å²) in [4.78, 5) is 33.0. The van der Waals surface area contributed by atoms with Crippen LogP contribution in [-0.2, 0) is 16.0 Å². The molecule has 1 rings (SSSR count). The third-order valence-electron chi connectivity index (χ3n) is 2.48. The Morgan fingerprint density at radius 3 is 2.47 bits per heavy atom. The van der Waals surface area contributed by atoms with Crippen LogP contribution >= 0.6 is 0 Å². The van der Waals surface area contributed by atoms with Crippen LogP contribution in [0.3, 0.4) is 0 Å². The average Bonchev–Trinajstić information content (AvgIpc) is 2.82. The molecule has 7 heteroatoms. The minimum Gasteiger partial charge on any atom is -0.481 e. The molecule has 0 fully saturated rings. The Morgan fingerprint density at radius 1 is 1.32 bits per heavy atom. The summed E-state index contributed by atoms with van der Waals surface area (Å²) in [7, 11) is 0. The molecule has 1 aromatic rings. The van der Waals surface area contributed by atoms with Gasteiger partial charge in [0.1, 0.15) is 11.8 Å². The van der Waals surface area contributed by atoms with Crippen molar-refractivity contribution < 1.29 is 29.0 Å². The summed E-state index contributed by atoms with van der Waals surface area (Å²) in [5, 5.41) is 19.6. The molecular formula is C12H15NO6. The van der Waals surface area contributed by atoms with Gasteiger partial charge in [-0.25, -0.2) is 4.79 Å². The predicted octanol–water partition coefficient (Wildman–Crippen LogP) is 0.890. The first kappa shape index (κ1) is 14.7. The molecule has 0 aliphatic rings. The largest absolute Gasteiger partial charge is 0.481 e. The number of hydrogen-bond acceptors (Lipinski definition) is 4. The van der Waals surface area contributed by atoms with Crippen LogP contribution < -0.4 is 5.32 Å². The lowest BCUT2D eigenvalue weighted by Crippen LogP contribution is -2.41. The van der Waals surface area contributed by atoms with Gasteiger partial charge >= 0.3 is 11.9 Å². The molecule has 104 valence electrons. The maximum atomic E-state index is 11.7. The molecule has 7 nitrogen and oxygen atoms in total. The van der Waals surface area contributed by atoms with Gasteiger partial charge in [0.15, 0.2) is 5.76 Å². The van der Waals surface area contributed by atoms with Gasteiger partial charge in [0, 0.05) is 12.8 Å². The number of carboxylic acids is 2. The quantitative estimate of drug-likeness (QED) is 0.676. The van der Waals surface area contributed by atoms with E-state index in [1.165, 1.54) is 6.07 Å². The van der Waals surface area contributed by atoms with E-state index in [9.17, 15) is 14.4 Å². The van der Waals surface area contributed by atoms with E-state index in [-0.39, 0.29) is 18.6 Å². The number of aryl methyl sites for hydroxylation is 1. The summed E-state index contributed by atoms with van der Waals surface area (Å²) in [5.74, 6) is -2.44. The van der Waals surface area contributed by atoms with Gasteiger partial charge in [-0.05, 0) is 18.6 Å². The zero-order chi connectivity index (χ0) is 14.4. The van der Waals surface area contributed by atoms with E-state index in [0.29, 0.717) is 12.2 Å². The van der Waals surface area contributed by atoms with Gasteiger partial charge in [0.05, 0.1) is 0 Å². The number of amides is 1. The SMILES string of the molecule is CCc1ccc(C(=O)N[C@@H](CCC(=O)O)C(=O)O)o1. The maximum Gasteiger partial charge on any atom is 0.326 e. The number of aliphatic carboxylic acids is 2. The predicted molar refractivity (Wildman–Crippen MR) is 63.8 cm³/mol. The molecule has 0 unspecified atom stereocenters. The minimum atomic E-state index is -1.28. The summed E-state index contributed by atoms with van der Waals surface area (Å²) >= 11 is 0. The summed E-state index contributed by atoms with van der Waals surface area (Å²) in [5.41, 5.74) is 0. The van der Waals surface area contributed by atoms with Crippen molar-refractivity contribution in [3.63, 3.8) is 0 Å². The topological polar surface area (TPSA) is 117 Å². The number of carbonyl (C=O) groups is 3. The smallest absolute Gasteiger partial charge is 0.326 e. The van der Waals surface area contributed by atoms with E-state index in [0.717, 1.165) is 0 Å². The molecule has 0 aromatic carbocycles. The van der Waals surface area contributed by atoms with Crippen LogP contribution in [0.1, 0.15) is 36.1 Å². The number of nitrogens with one attached hydrogen (secondary N) is 1. The second-order valence-electron chi connectivity index (χ2n) is 3.92. The van der Waals surface area contributed by atoms with Crippen LogP contribution in [0.25, 0.3) is 0 Å². The Morgan fingerprint density at radius 2 is 2.00 bits per heavy atom. The van der Waals surface area contributed by atoms with Gasteiger partial charge in [-0.2, -0.15) is 0 Å². The van der Waals surface area contributed by atoms with Gasteiger partial charge in [-0.3, -0.25) is 9.59 Å². The van der Waals surface area contributed by atoms with Gasteiger partial charge in [0.2, 0.25) is 0 Å².